The van der Waals surface area contributed by atoms with E-state index in [4.69, 9.17) is 10.2 Å². The summed E-state index contributed by atoms with van der Waals surface area (Å²) in [6, 6.07) is -1.09. The van der Waals surface area contributed by atoms with Crippen molar-refractivity contribution in [2.24, 2.45) is 0 Å². The molecule has 0 aliphatic carbocycles. The molecule has 0 radical (unpaired) electrons. The molecule has 0 saturated heterocycles. The summed E-state index contributed by atoms with van der Waals surface area (Å²) in [5, 5.41) is 19.3. The van der Waals surface area contributed by atoms with Crippen LogP contribution in [0.25, 0.3) is 0 Å². The van der Waals surface area contributed by atoms with Crippen LogP contribution in [0.5, 0.6) is 0 Å². The summed E-state index contributed by atoms with van der Waals surface area (Å²) in [6.07, 6.45) is -7.35. The first-order valence-corrected chi connectivity index (χ1v) is 4.01. The Labute approximate surface area is 83.8 Å². The van der Waals surface area contributed by atoms with Gasteiger partial charge in [-0.1, -0.05) is 0 Å². The molecule has 0 aromatic carbocycles. The Bertz CT molecular complexity index is 209. The average molecular weight is 231 g/mol. The fourth-order valence-electron chi connectivity index (χ4n) is 0.670. The average Bonchev–Trinajstić information content (AvgIpc) is 2.09. The van der Waals surface area contributed by atoms with Gasteiger partial charge in [0.25, 0.3) is 0 Å². The van der Waals surface area contributed by atoms with E-state index in [9.17, 15) is 18.0 Å². The molecule has 90 valence electrons. The quantitative estimate of drug-likeness (QED) is 0.579. The number of likely N-dealkylation sites (N-methyl/N-ethyl adjacent to an activating group) is 1. The lowest BCUT2D eigenvalue weighted by Crippen LogP contribution is -2.40. The number of ether oxygens (including phenoxy) is 1. The minimum absolute atomic E-state index is 0.445. The normalized spacial score (nSPS) is 16.1. The van der Waals surface area contributed by atoms with E-state index in [0.29, 0.717) is 0 Å². The molecular formula is C7H12F3NO4. The van der Waals surface area contributed by atoms with Gasteiger partial charge in [0.05, 0.1) is 13.2 Å². The molecule has 8 heteroatoms. The number of aliphatic hydroxyl groups excluding tert-OH is 1. The molecule has 0 aromatic heterocycles. The molecule has 0 spiro atoms. The fraction of sp³-hybridized carbons (Fsp3) is 0.857. The molecule has 0 heterocycles. The van der Waals surface area contributed by atoms with Crippen LogP contribution in [0.4, 0.5) is 13.2 Å². The third-order valence-corrected chi connectivity index (χ3v) is 1.58. The van der Waals surface area contributed by atoms with Crippen molar-refractivity contribution in [1.82, 2.24) is 5.32 Å². The van der Waals surface area contributed by atoms with E-state index in [0.717, 1.165) is 0 Å². The predicted octanol–water partition coefficient (Wildman–Crippen LogP) is -0.401. The maximum atomic E-state index is 11.8. The predicted molar refractivity (Wildman–Crippen MR) is 43.4 cm³/mol. The van der Waals surface area contributed by atoms with Gasteiger partial charge in [0.15, 0.2) is 6.10 Å². The number of aliphatic hydroxyl groups is 1. The van der Waals surface area contributed by atoms with E-state index in [1.807, 2.05) is 0 Å². The molecule has 0 aliphatic rings. The number of hydrogen-bond donors (Lipinski definition) is 3. The van der Waals surface area contributed by atoms with Crippen molar-refractivity contribution in [3.05, 3.63) is 0 Å². The number of halogens is 3. The molecule has 0 aromatic rings. The Morgan fingerprint density at radius 2 is 2.00 bits per heavy atom. The summed E-state index contributed by atoms with van der Waals surface area (Å²) in [5.41, 5.74) is 0. The Morgan fingerprint density at radius 1 is 1.47 bits per heavy atom. The van der Waals surface area contributed by atoms with Crippen LogP contribution in [-0.4, -0.2) is 54.8 Å². The van der Waals surface area contributed by atoms with Gasteiger partial charge < -0.3 is 20.3 Å². The van der Waals surface area contributed by atoms with Crippen molar-refractivity contribution in [2.45, 2.75) is 18.3 Å². The first kappa shape index (κ1) is 14.1. The minimum Gasteiger partial charge on any atom is -0.480 e. The maximum Gasteiger partial charge on any atom is 0.416 e. The number of carbonyl (C=O) groups is 1. The van der Waals surface area contributed by atoms with Crippen molar-refractivity contribution < 1.29 is 32.9 Å². The second-order valence-corrected chi connectivity index (χ2v) is 2.77. The summed E-state index contributed by atoms with van der Waals surface area (Å²) in [4.78, 5) is 10.4. The lowest BCUT2D eigenvalue weighted by atomic mass is 10.3. The summed E-state index contributed by atoms with van der Waals surface area (Å²) < 4.78 is 39.7. The minimum atomic E-state index is -4.75. The smallest absolute Gasteiger partial charge is 0.416 e. The van der Waals surface area contributed by atoms with Crippen molar-refractivity contribution in [3.8, 4) is 0 Å². The van der Waals surface area contributed by atoms with Gasteiger partial charge in [-0.15, -0.1) is 0 Å². The van der Waals surface area contributed by atoms with E-state index in [1.54, 1.807) is 0 Å². The highest BCUT2D eigenvalue weighted by atomic mass is 19.4. The van der Waals surface area contributed by atoms with Crippen LogP contribution in [-0.2, 0) is 9.53 Å². The Hall–Kier alpha value is -0.860. The zero-order chi connectivity index (χ0) is 12.1. The maximum absolute atomic E-state index is 11.8. The van der Waals surface area contributed by atoms with Gasteiger partial charge in [-0.05, 0) is 7.05 Å². The van der Waals surface area contributed by atoms with Gasteiger partial charge in [0.1, 0.15) is 6.04 Å². The van der Waals surface area contributed by atoms with E-state index in [1.165, 1.54) is 7.05 Å². The molecule has 0 bridgehead atoms. The summed E-state index contributed by atoms with van der Waals surface area (Å²) >= 11 is 0. The molecule has 1 unspecified atom stereocenters. The molecule has 0 amide bonds. The number of alkyl halides is 3. The van der Waals surface area contributed by atoms with E-state index in [2.05, 4.69) is 10.1 Å². The second kappa shape index (κ2) is 5.89. The third kappa shape index (κ3) is 5.55. The fourth-order valence-corrected chi connectivity index (χ4v) is 0.670. The van der Waals surface area contributed by atoms with Crippen molar-refractivity contribution in [1.29, 1.82) is 0 Å². The van der Waals surface area contributed by atoms with Crippen LogP contribution in [0, 0.1) is 0 Å². The first-order chi connectivity index (χ1) is 6.79. The van der Waals surface area contributed by atoms with Crippen molar-refractivity contribution in [3.63, 3.8) is 0 Å². The number of nitrogens with one attached hydrogen (secondary N) is 1. The summed E-state index contributed by atoms with van der Waals surface area (Å²) in [5.74, 6) is -1.24. The molecule has 3 N–H and O–H groups in total. The van der Waals surface area contributed by atoms with Gasteiger partial charge in [-0.3, -0.25) is 4.79 Å². The van der Waals surface area contributed by atoms with Gasteiger partial charge >= 0.3 is 12.1 Å². The second-order valence-electron chi connectivity index (χ2n) is 2.77. The molecule has 0 fully saturated rings. The summed E-state index contributed by atoms with van der Waals surface area (Å²) in [7, 11) is 1.34. The Balaban J connectivity index is 3.83. The molecule has 0 rings (SSSR count). The van der Waals surface area contributed by atoms with E-state index >= 15 is 0 Å². The van der Waals surface area contributed by atoms with E-state index in [-0.39, 0.29) is 0 Å². The number of aliphatic carboxylic acids is 1. The zero-order valence-corrected chi connectivity index (χ0v) is 7.91. The van der Waals surface area contributed by atoms with Crippen LogP contribution in [0.3, 0.4) is 0 Å². The largest absolute Gasteiger partial charge is 0.480 e. The number of hydrogen-bond acceptors (Lipinski definition) is 4. The van der Waals surface area contributed by atoms with Gasteiger partial charge in [0.2, 0.25) is 0 Å². The molecular weight excluding hydrogens is 219 g/mol. The highest BCUT2D eigenvalue weighted by molar-refractivity contribution is 5.73. The van der Waals surface area contributed by atoms with Gasteiger partial charge in [-0.2, -0.15) is 13.2 Å². The van der Waals surface area contributed by atoms with Crippen molar-refractivity contribution >= 4 is 5.97 Å². The SMILES string of the molecule is CN[C@@H](COCC(O)C(F)(F)F)C(=O)O. The van der Waals surface area contributed by atoms with Crippen molar-refractivity contribution in [2.75, 3.05) is 20.3 Å². The van der Waals surface area contributed by atoms with Gasteiger partial charge in [0, 0.05) is 0 Å². The molecule has 0 aliphatic heterocycles. The molecule has 2 atom stereocenters. The van der Waals surface area contributed by atoms with E-state index < -0.39 is 37.5 Å². The number of rotatable bonds is 6. The van der Waals surface area contributed by atoms with Crippen LogP contribution in [0.15, 0.2) is 0 Å². The first-order valence-electron chi connectivity index (χ1n) is 4.01. The highest BCUT2D eigenvalue weighted by Gasteiger charge is 2.38. The number of carboxylic acids is 1. The summed E-state index contributed by atoms with van der Waals surface area (Å²) in [6.45, 7) is -1.42. The molecule has 5 nitrogen and oxygen atoms in total. The zero-order valence-electron chi connectivity index (χ0n) is 7.91. The Kier molecular flexibility index (Phi) is 5.55. The van der Waals surface area contributed by atoms with Crippen LogP contribution >= 0.6 is 0 Å². The van der Waals surface area contributed by atoms with Crippen LogP contribution in [0.2, 0.25) is 0 Å². The van der Waals surface area contributed by atoms with Gasteiger partial charge in [-0.25, -0.2) is 0 Å². The lowest BCUT2D eigenvalue weighted by molar-refractivity contribution is -0.217. The van der Waals surface area contributed by atoms with Crippen LogP contribution in [0.1, 0.15) is 0 Å². The molecule has 15 heavy (non-hydrogen) atoms. The highest BCUT2D eigenvalue weighted by Crippen LogP contribution is 2.19. The Morgan fingerprint density at radius 3 is 2.33 bits per heavy atom. The lowest BCUT2D eigenvalue weighted by Gasteiger charge is -2.16. The topological polar surface area (TPSA) is 78.8 Å². The molecule has 0 saturated carbocycles. The van der Waals surface area contributed by atoms with Crippen LogP contribution < -0.4 is 5.32 Å². The third-order valence-electron chi connectivity index (χ3n) is 1.58. The number of carboxylic acid groups (broad SMARTS) is 1. The monoisotopic (exact) mass is 231 g/mol. The standard InChI is InChI=1S/C7H12F3NO4/c1-11-4(6(13)14)2-15-3-5(12)7(8,9)10/h4-5,11-12H,2-3H2,1H3,(H,13,14)/t4-,5?/m0/s1.